The van der Waals surface area contributed by atoms with Gasteiger partial charge in [0.05, 0.1) is 0 Å². The van der Waals surface area contributed by atoms with Crippen LogP contribution in [0.5, 0.6) is 5.75 Å². The summed E-state index contributed by atoms with van der Waals surface area (Å²) in [6.45, 7) is 2.34. The van der Waals surface area contributed by atoms with Gasteiger partial charge in [-0.2, -0.15) is 0 Å². The molecule has 0 saturated heterocycles. The van der Waals surface area contributed by atoms with Crippen LogP contribution < -0.4 is 10.5 Å². The van der Waals surface area contributed by atoms with Gasteiger partial charge in [0.25, 0.3) is 0 Å². The van der Waals surface area contributed by atoms with Crippen LogP contribution in [-0.4, -0.2) is 41.2 Å². The van der Waals surface area contributed by atoms with Crippen molar-refractivity contribution in [2.75, 3.05) is 19.7 Å². The second-order valence-electron chi connectivity index (χ2n) is 5.79. The molecule has 5 nitrogen and oxygen atoms in total. The van der Waals surface area contributed by atoms with Gasteiger partial charge in [-0.25, -0.2) is 0 Å². The second-order valence-corrected chi connectivity index (χ2v) is 5.79. The van der Waals surface area contributed by atoms with Crippen LogP contribution in [0, 0.1) is 5.92 Å². The van der Waals surface area contributed by atoms with Crippen LogP contribution in [-0.2, 0) is 11.3 Å². The highest BCUT2D eigenvalue weighted by molar-refractivity contribution is 5.79. The molecular weight excluding hydrogens is 256 g/mol. The predicted octanol–water partition coefficient (Wildman–Crippen LogP) is 1.07. The fourth-order valence-corrected chi connectivity index (χ4v) is 2.85. The van der Waals surface area contributed by atoms with Gasteiger partial charge in [0.2, 0.25) is 0 Å². The maximum Gasteiger partial charge on any atom is 0.325 e. The van der Waals surface area contributed by atoms with Crippen molar-refractivity contribution in [3.8, 4) is 5.75 Å². The van der Waals surface area contributed by atoms with Gasteiger partial charge in [-0.15, -0.1) is 0 Å². The zero-order chi connectivity index (χ0) is 14.2. The van der Waals surface area contributed by atoms with Crippen molar-refractivity contribution in [2.45, 2.75) is 24.9 Å². The van der Waals surface area contributed by atoms with Crippen molar-refractivity contribution in [3.63, 3.8) is 0 Å². The number of nitrogens with two attached hydrogens (primary N) is 1. The van der Waals surface area contributed by atoms with E-state index in [1.54, 1.807) is 0 Å². The topological polar surface area (TPSA) is 75.8 Å². The Hall–Kier alpha value is -1.59. The molecule has 1 fully saturated rings. The zero-order valence-corrected chi connectivity index (χ0v) is 11.4. The Labute approximate surface area is 118 Å². The zero-order valence-electron chi connectivity index (χ0n) is 11.4. The molecule has 0 aromatic heterocycles. The second kappa shape index (κ2) is 5.07. The van der Waals surface area contributed by atoms with Crippen LogP contribution in [0.1, 0.15) is 18.4 Å². The van der Waals surface area contributed by atoms with E-state index in [1.807, 2.05) is 24.3 Å². The Bertz CT molecular complexity index is 516. The molecule has 3 rings (SSSR count). The molecule has 20 heavy (non-hydrogen) atoms. The number of rotatable bonds is 4. The molecule has 0 spiro atoms. The number of ether oxygens (including phenoxy) is 1. The lowest BCUT2D eigenvalue weighted by Crippen LogP contribution is -2.58. The van der Waals surface area contributed by atoms with E-state index in [-0.39, 0.29) is 5.92 Å². The number of benzene rings is 1. The summed E-state index contributed by atoms with van der Waals surface area (Å²) >= 11 is 0. The van der Waals surface area contributed by atoms with Crippen LogP contribution in [0.3, 0.4) is 0 Å². The fraction of sp³-hybridized carbons (Fsp3) is 0.533. The molecule has 0 radical (unpaired) electrons. The molecule has 2 aliphatic rings. The molecule has 1 aromatic carbocycles. The number of carboxylic acid groups (broad SMARTS) is 1. The van der Waals surface area contributed by atoms with Crippen molar-refractivity contribution in [1.82, 2.24) is 4.90 Å². The maximum absolute atomic E-state index is 11.5. The minimum absolute atomic E-state index is 0.111. The van der Waals surface area contributed by atoms with Crippen molar-refractivity contribution in [2.24, 2.45) is 11.7 Å². The smallest absolute Gasteiger partial charge is 0.325 e. The largest absolute Gasteiger partial charge is 0.492 e. The lowest BCUT2D eigenvalue weighted by Gasteiger charge is -2.31. The average Bonchev–Trinajstić information content (AvgIpc) is 3.25. The number of aliphatic carboxylic acids is 1. The van der Waals surface area contributed by atoms with Crippen LogP contribution in [0.25, 0.3) is 0 Å². The molecule has 1 atom stereocenters. The molecule has 0 bridgehead atoms. The van der Waals surface area contributed by atoms with Gasteiger partial charge in [0.1, 0.15) is 17.9 Å². The summed E-state index contributed by atoms with van der Waals surface area (Å²) in [6, 6.07) is 7.89. The lowest BCUT2D eigenvalue weighted by atomic mass is 9.93. The SMILES string of the molecule is NC(CN1CCOc2ccccc2C1)(C(=O)O)C1CC1. The molecule has 1 saturated carbocycles. The summed E-state index contributed by atoms with van der Waals surface area (Å²) in [7, 11) is 0. The van der Waals surface area contributed by atoms with Crippen molar-refractivity contribution in [3.05, 3.63) is 29.8 Å². The number of carboxylic acids is 1. The number of nitrogens with zero attached hydrogens (tertiary/aromatic N) is 1. The number of carbonyl (C=O) groups is 1. The molecule has 108 valence electrons. The first-order valence-electron chi connectivity index (χ1n) is 7.05. The van der Waals surface area contributed by atoms with E-state index in [9.17, 15) is 9.90 Å². The van der Waals surface area contributed by atoms with Gasteiger partial charge in [0, 0.05) is 25.2 Å². The first-order valence-corrected chi connectivity index (χ1v) is 7.05. The molecule has 1 aliphatic carbocycles. The minimum Gasteiger partial charge on any atom is -0.492 e. The number of fused-ring (bicyclic) bond motifs is 1. The highest BCUT2D eigenvalue weighted by atomic mass is 16.5. The van der Waals surface area contributed by atoms with Crippen LogP contribution in [0.2, 0.25) is 0 Å². The molecule has 5 heteroatoms. The summed E-state index contributed by atoms with van der Waals surface area (Å²) in [4.78, 5) is 13.6. The third-order valence-corrected chi connectivity index (χ3v) is 4.22. The molecule has 0 amide bonds. The Morgan fingerprint density at radius 3 is 2.90 bits per heavy atom. The molecule has 1 aromatic rings. The van der Waals surface area contributed by atoms with Gasteiger partial charge in [-0.1, -0.05) is 18.2 Å². The monoisotopic (exact) mass is 276 g/mol. The molecule has 1 unspecified atom stereocenters. The summed E-state index contributed by atoms with van der Waals surface area (Å²) in [5, 5.41) is 9.46. The van der Waals surface area contributed by atoms with E-state index in [4.69, 9.17) is 10.5 Å². The third kappa shape index (κ3) is 2.51. The average molecular weight is 276 g/mol. The summed E-state index contributed by atoms with van der Waals surface area (Å²) in [5.41, 5.74) is 6.13. The van der Waals surface area contributed by atoms with Gasteiger partial charge < -0.3 is 15.6 Å². The van der Waals surface area contributed by atoms with E-state index in [1.165, 1.54) is 0 Å². The Morgan fingerprint density at radius 2 is 2.20 bits per heavy atom. The molecular formula is C15H20N2O3. The Morgan fingerprint density at radius 1 is 1.45 bits per heavy atom. The van der Waals surface area contributed by atoms with Crippen molar-refractivity contribution >= 4 is 5.97 Å². The van der Waals surface area contributed by atoms with E-state index < -0.39 is 11.5 Å². The predicted molar refractivity (Wildman–Crippen MR) is 74.5 cm³/mol. The minimum atomic E-state index is -1.13. The number of para-hydroxylation sites is 1. The van der Waals surface area contributed by atoms with Crippen LogP contribution in [0.4, 0.5) is 0 Å². The number of hydrogen-bond donors (Lipinski definition) is 2. The van der Waals surface area contributed by atoms with E-state index in [2.05, 4.69) is 4.90 Å². The van der Waals surface area contributed by atoms with Crippen molar-refractivity contribution < 1.29 is 14.6 Å². The van der Waals surface area contributed by atoms with Crippen molar-refractivity contribution in [1.29, 1.82) is 0 Å². The lowest BCUT2D eigenvalue weighted by molar-refractivity contribution is -0.145. The summed E-state index contributed by atoms with van der Waals surface area (Å²) in [6.07, 6.45) is 1.84. The highest BCUT2D eigenvalue weighted by Crippen LogP contribution is 2.39. The molecule has 1 heterocycles. The number of hydrogen-bond acceptors (Lipinski definition) is 4. The quantitative estimate of drug-likeness (QED) is 0.860. The molecule has 3 N–H and O–H groups in total. The Kier molecular flexibility index (Phi) is 3.40. The van der Waals surface area contributed by atoms with Crippen LogP contribution >= 0.6 is 0 Å². The fourth-order valence-electron chi connectivity index (χ4n) is 2.85. The standard InChI is InChI=1S/C15H20N2O3/c16-15(14(18)19,12-5-6-12)10-17-7-8-20-13-4-2-1-3-11(13)9-17/h1-4,12H,5-10,16H2,(H,18,19). The highest BCUT2D eigenvalue weighted by Gasteiger charge is 2.49. The summed E-state index contributed by atoms with van der Waals surface area (Å²) in [5.74, 6) is 0.109. The Balaban J connectivity index is 1.76. The van der Waals surface area contributed by atoms with Gasteiger partial charge in [0.15, 0.2) is 0 Å². The van der Waals surface area contributed by atoms with Gasteiger partial charge in [-0.3, -0.25) is 9.69 Å². The van der Waals surface area contributed by atoms with Gasteiger partial charge in [-0.05, 0) is 24.8 Å². The summed E-state index contributed by atoms with van der Waals surface area (Å²) < 4.78 is 5.70. The molecule has 1 aliphatic heterocycles. The van der Waals surface area contributed by atoms with E-state index in [0.717, 1.165) is 24.2 Å². The van der Waals surface area contributed by atoms with Crippen LogP contribution in [0.15, 0.2) is 24.3 Å². The normalized spacial score (nSPS) is 22.2. The van der Waals surface area contributed by atoms with E-state index >= 15 is 0 Å². The van der Waals surface area contributed by atoms with Gasteiger partial charge >= 0.3 is 5.97 Å². The first kappa shape index (κ1) is 13.4. The third-order valence-electron chi connectivity index (χ3n) is 4.22. The first-order chi connectivity index (χ1) is 9.59. The maximum atomic E-state index is 11.5. The van der Waals surface area contributed by atoms with E-state index in [0.29, 0.717) is 26.2 Å².